The molecular weight excluding hydrogens is 624 g/mol. The van der Waals surface area contributed by atoms with Crippen LogP contribution in [-0.2, 0) is 16.1 Å². The van der Waals surface area contributed by atoms with Crippen molar-refractivity contribution in [3.63, 3.8) is 0 Å². The summed E-state index contributed by atoms with van der Waals surface area (Å²) >= 11 is 0.628. The number of aromatic nitrogens is 2. The van der Waals surface area contributed by atoms with E-state index in [4.69, 9.17) is 0 Å². The zero-order chi connectivity index (χ0) is 24.7. The zero-order valence-electron chi connectivity index (χ0n) is 19.9. The average molecular weight is 655 g/mol. The third-order valence-corrected chi connectivity index (χ3v) is 7.96. The summed E-state index contributed by atoms with van der Waals surface area (Å²) in [6.45, 7) is 7.72. The SMILES string of the molecule is CC.Cc1cc(N2CCN(C(=O)[CH]([Pb])c3ccccc3)C(C(=O)O)C2)n(Cc2ccccc2)n1. The molecule has 1 aliphatic rings. The first-order valence-corrected chi connectivity index (χ1v) is 13.8. The van der Waals surface area contributed by atoms with Gasteiger partial charge in [0.25, 0.3) is 0 Å². The molecule has 0 aliphatic carbocycles. The molecule has 8 heteroatoms. The van der Waals surface area contributed by atoms with Gasteiger partial charge in [0.2, 0.25) is 0 Å². The minimum atomic E-state index is -0.976. The fourth-order valence-corrected chi connectivity index (χ4v) is 5.47. The number of carboxylic acids is 1. The average Bonchev–Trinajstić information content (AvgIpc) is 3.24. The number of anilines is 1. The zero-order valence-corrected chi connectivity index (χ0v) is 23.8. The molecule has 2 aromatic carbocycles. The van der Waals surface area contributed by atoms with Crippen LogP contribution in [-0.4, -0.2) is 83.1 Å². The van der Waals surface area contributed by atoms with Crippen LogP contribution in [0.1, 0.15) is 34.1 Å². The number of nitrogens with zero attached hydrogens (tertiary/aromatic N) is 4. The van der Waals surface area contributed by atoms with Crippen LogP contribution in [0.25, 0.3) is 0 Å². The second kappa shape index (κ2) is 12.1. The molecule has 1 aromatic heterocycles. The van der Waals surface area contributed by atoms with Crippen LogP contribution in [0.2, 0.25) is 0 Å². The molecular formula is C26H31N4O3Pb. The molecule has 2 unspecified atom stereocenters. The number of aryl methyl sites for hydroxylation is 1. The summed E-state index contributed by atoms with van der Waals surface area (Å²) in [4.78, 5) is 29.0. The molecule has 3 aromatic rings. The molecule has 2 atom stereocenters. The number of carboxylic acid groups (broad SMARTS) is 1. The molecule has 0 saturated carbocycles. The first-order valence-electron chi connectivity index (χ1n) is 11.6. The molecule has 4 rings (SSSR count). The number of amides is 1. The van der Waals surface area contributed by atoms with Gasteiger partial charge in [-0.05, 0) is 0 Å². The van der Waals surface area contributed by atoms with Gasteiger partial charge in [0, 0.05) is 0 Å². The number of benzene rings is 2. The molecule has 0 spiro atoms. The van der Waals surface area contributed by atoms with Crippen LogP contribution in [0, 0.1) is 6.92 Å². The van der Waals surface area contributed by atoms with E-state index >= 15 is 0 Å². The van der Waals surface area contributed by atoms with Crippen molar-refractivity contribution >= 4 is 43.5 Å². The third-order valence-electron chi connectivity index (χ3n) is 5.71. The van der Waals surface area contributed by atoms with Crippen molar-refractivity contribution in [2.45, 2.75) is 36.8 Å². The molecule has 1 saturated heterocycles. The normalized spacial score (nSPS) is 16.4. The van der Waals surface area contributed by atoms with Crippen LogP contribution in [0.3, 0.4) is 0 Å². The van der Waals surface area contributed by atoms with Gasteiger partial charge in [0.1, 0.15) is 0 Å². The second-order valence-electron chi connectivity index (χ2n) is 7.96. The van der Waals surface area contributed by atoms with Gasteiger partial charge in [0.05, 0.1) is 0 Å². The van der Waals surface area contributed by atoms with Gasteiger partial charge in [0.15, 0.2) is 0 Å². The fourth-order valence-electron chi connectivity index (χ4n) is 4.08. The van der Waals surface area contributed by atoms with Crippen molar-refractivity contribution in [1.29, 1.82) is 0 Å². The predicted molar refractivity (Wildman–Crippen MR) is 134 cm³/mol. The number of aliphatic carboxylic acids is 1. The van der Waals surface area contributed by atoms with E-state index in [1.165, 1.54) is 0 Å². The molecule has 1 fully saturated rings. The fraction of sp³-hybridized carbons (Fsp3) is 0.346. The molecule has 7 nitrogen and oxygen atoms in total. The Morgan fingerprint density at radius 2 is 1.68 bits per heavy atom. The minimum absolute atomic E-state index is 0.0936. The van der Waals surface area contributed by atoms with Crippen molar-refractivity contribution < 1.29 is 14.7 Å². The molecule has 1 aliphatic heterocycles. The third kappa shape index (κ3) is 6.05. The summed E-state index contributed by atoms with van der Waals surface area (Å²) in [5, 5.41) is 14.6. The van der Waals surface area contributed by atoms with Crippen LogP contribution >= 0.6 is 0 Å². The predicted octanol–water partition coefficient (Wildman–Crippen LogP) is 3.28. The van der Waals surface area contributed by atoms with Crippen molar-refractivity contribution in [2.24, 2.45) is 0 Å². The van der Waals surface area contributed by atoms with E-state index in [9.17, 15) is 14.7 Å². The Kier molecular flexibility index (Phi) is 9.26. The summed E-state index contributed by atoms with van der Waals surface area (Å²) in [5.74, 6) is -0.185. The number of hydrogen-bond donors (Lipinski definition) is 1. The Labute approximate surface area is 217 Å². The number of carbonyl (C=O) groups excluding carboxylic acids is 1. The summed E-state index contributed by atoms with van der Waals surface area (Å²) in [6.07, 6.45) is 0. The molecule has 3 radical (unpaired) electrons. The van der Waals surface area contributed by atoms with Gasteiger partial charge in [-0.25, -0.2) is 0 Å². The van der Waals surface area contributed by atoms with Crippen molar-refractivity contribution in [3.05, 3.63) is 83.6 Å². The van der Waals surface area contributed by atoms with Crippen molar-refractivity contribution in [1.82, 2.24) is 14.7 Å². The second-order valence-corrected chi connectivity index (χ2v) is 10.2. The molecule has 2 heterocycles. The monoisotopic (exact) mass is 655 g/mol. The number of rotatable bonds is 6. The molecule has 34 heavy (non-hydrogen) atoms. The summed E-state index contributed by atoms with van der Waals surface area (Å²) in [6, 6.07) is 20.8. The van der Waals surface area contributed by atoms with E-state index in [2.05, 4.69) is 5.10 Å². The maximum absolute atomic E-state index is 13.2. The number of piperazine rings is 1. The van der Waals surface area contributed by atoms with Crippen LogP contribution < -0.4 is 4.90 Å². The van der Waals surface area contributed by atoms with E-state index in [1.807, 2.05) is 97.1 Å². The van der Waals surface area contributed by atoms with Gasteiger partial charge in [-0.15, -0.1) is 0 Å². The summed E-state index contributed by atoms with van der Waals surface area (Å²) < 4.78 is 1.66. The molecule has 177 valence electrons. The van der Waals surface area contributed by atoms with Gasteiger partial charge in [-0.2, -0.15) is 0 Å². The maximum atomic E-state index is 13.2. The Morgan fingerprint density at radius 1 is 1.06 bits per heavy atom. The van der Waals surface area contributed by atoms with Crippen LogP contribution in [0.5, 0.6) is 0 Å². The standard InChI is InChI=1S/C24H25N4O3.C2H6.Pb/c1-18-14-22(28(25-18)16-20-10-6-3-7-11-20)26-12-13-27(21(17-26)24(30)31)23(29)15-19-8-4-2-5-9-19;1-2;/h2-11,14-15,21H,12-13,16-17H2,1H3,(H,30,31);1-2H3;. The van der Waals surface area contributed by atoms with E-state index in [0.717, 1.165) is 22.6 Å². The number of carbonyl (C=O) groups is 2. The van der Waals surface area contributed by atoms with E-state index in [0.29, 0.717) is 45.4 Å². The van der Waals surface area contributed by atoms with E-state index < -0.39 is 12.0 Å². The van der Waals surface area contributed by atoms with Crippen molar-refractivity contribution in [3.8, 4) is 0 Å². The first-order chi connectivity index (χ1) is 16.4. The first kappa shape index (κ1) is 25.9. The molecule has 1 N–H and O–H groups in total. The Morgan fingerprint density at radius 3 is 2.29 bits per heavy atom. The topological polar surface area (TPSA) is 78.7 Å². The van der Waals surface area contributed by atoms with Gasteiger partial charge in [-0.3, -0.25) is 0 Å². The summed E-state index contributed by atoms with van der Waals surface area (Å²) in [5.41, 5.74) is 2.96. The molecule has 1 amide bonds. The summed E-state index contributed by atoms with van der Waals surface area (Å²) in [7, 11) is 0. The van der Waals surface area contributed by atoms with Gasteiger partial charge >= 0.3 is 198 Å². The Balaban J connectivity index is 0.00000158. The van der Waals surface area contributed by atoms with E-state index in [1.54, 1.807) is 4.90 Å². The van der Waals surface area contributed by atoms with Gasteiger partial charge < -0.3 is 0 Å². The quantitative estimate of drug-likeness (QED) is 0.413. The Hall–Kier alpha value is -2.69. The van der Waals surface area contributed by atoms with Crippen molar-refractivity contribution in [2.75, 3.05) is 24.5 Å². The number of hydrogen-bond acceptors (Lipinski definition) is 4. The Bertz CT molecular complexity index is 1090. The van der Waals surface area contributed by atoms with Gasteiger partial charge in [-0.1, -0.05) is 19.9 Å². The molecule has 0 bridgehead atoms. The van der Waals surface area contributed by atoms with Crippen LogP contribution in [0.4, 0.5) is 5.82 Å². The van der Waals surface area contributed by atoms with Crippen LogP contribution in [0.15, 0.2) is 66.7 Å². The van der Waals surface area contributed by atoms with E-state index in [-0.39, 0.29) is 15.9 Å².